The van der Waals surface area contributed by atoms with Gasteiger partial charge in [0.25, 0.3) is 5.91 Å². The smallest absolute Gasteiger partial charge is 0.251 e. The number of hydrogen-bond acceptors (Lipinski definition) is 3. The molecule has 0 aromatic heterocycles. The minimum atomic E-state index is -1.41. The summed E-state index contributed by atoms with van der Waals surface area (Å²) in [5.41, 5.74) is 3.54. The van der Waals surface area contributed by atoms with Crippen LogP contribution in [0.15, 0.2) is 109 Å². The Hall–Kier alpha value is -4.22. The highest BCUT2D eigenvalue weighted by molar-refractivity contribution is 5.96. The normalized spacial score (nSPS) is 13.9. The van der Waals surface area contributed by atoms with Gasteiger partial charge in [-0.25, -0.2) is 0 Å². The first-order valence-electron chi connectivity index (χ1n) is 13.0. The fourth-order valence-electron chi connectivity index (χ4n) is 5.35. The van der Waals surface area contributed by atoms with Crippen molar-refractivity contribution < 1.29 is 14.7 Å². The van der Waals surface area contributed by atoms with Crippen LogP contribution in [-0.2, 0) is 29.8 Å². The van der Waals surface area contributed by atoms with Crippen molar-refractivity contribution in [3.05, 3.63) is 143 Å². The molecular formula is C33H32N2O3. The number of nitrogens with zero attached hydrogens (tertiary/aromatic N) is 1. The molecule has 5 heteroatoms. The Bertz CT molecular complexity index is 1360. The van der Waals surface area contributed by atoms with Crippen LogP contribution >= 0.6 is 0 Å². The third kappa shape index (κ3) is 5.11. The van der Waals surface area contributed by atoms with Gasteiger partial charge in [0.1, 0.15) is 5.60 Å². The first-order chi connectivity index (χ1) is 18.5. The summed E-state index contributed by atoms with van der Waals surface area (Å²) in [7, 11) is 0. The maximum Gasteiger partial charge on any atom is 0.251 e. The molecule has 192 valence electrons. The van der Waals surface area contributed by atoms with Gasteiger partial charge in [-0.05, 0) is 47.2 Å². The monoisotopic (exact) mass is 504 g/mol. The fourth-order valence-corrected chi connectivity index (χ4v) is 5.35. The van der Waals surface area contributed by atoms with E-state index in [0.29, 0.717) is 42.6 Å². The number of amides is 2. The second-order valence-electron chi connectivity index (χ2n) is 9.86. The van der Waals surface area contributed by atoms with Gasteiger partial charge >= 0.3 is 0 Å². The molecule has 0 fully saturated rings. The maximum absolute atomic E-state index is 13.6. The molecule has 4 aromatic carbocycles. The number of hydrogen-bond donors (Lipinski definition) is 2. The zero-order chi connectivity index (χ0) is 26.5. The van der Waals surface area contributed by atoms with Gasteiger partial charge in [-0.1, -0.05) is 103 Å². The van der Waals surface area contributed by atoms with Gasteiger partial charge < -0.3 is 15.3 Å². The molecule has 0 saturated heterocycles. The molecule has 4 aromatic rings. The molecule has 0 radical (unpaired) electrons. The van der Waals surface area contributed by atoms with Gasteiger partial charge in [0.15, 0.2) is 0 Å². The molecule has 2 N–H and O–H groups in total. The van der Waals surface area contributed by atoms with E-state index in [1.807, 2.05) is 121 Å². The number of aliphatic hydroxyl groups is 1. The Morgan fingerprint density at radius 3 is 2.03 bits per heavy atom. The Labute approximate surface area is 223 Å². The van der Waals surface area contributed by atoms with Crippen molar-refractivity contribution in [3.8, 4) is 0 Å². The van der Waals surface area contributed by atoms with E-state index in [-0.39, 0.29) is 11.8 Å². The summed E-state index contributed by atoms with van der Waals surface area (Å²) in [6.07, 6.45) is 0.973. The van der Waals surface area contributed by atoms with E-state index in [0.717, 1.165) is 16.7 Å². The van der Waals surface area contributed by atoms with Crippen LogP contribution in [0, 0.1) is 0 Å². The lowest BCUT2D eigenvalue weighted by atomic mass is 9.80. The van der Waals surface area contributed by atoms with Gasteiger partial charge in [-0.2, -0.15) is 0 Å². The lowest BCUT2D eigenvalue weighted by molar-refractivity contribution is -0.131. The molecular weight excluding hydrogens is 472 g/mol. The first-order valence-corrected chi connectivity index (χ1v) is 13.0. The van der Waals surface area contributed by atoms with Crippen LogP contribution in [0.25, 0.3) is 0 Å². The average Bonchev–Trinajstić information content (AvgIpc) is 2.97. The molecule has 0 bridgehead atoms. The second-order valence-corrected chi connectivity index (χ2v) is 9.86. The van der Waals surface area contributed by atoms with Crippen molar-refractivity contribution in [2.75, 3.05) is 6.54 Å². The number of fused-ring (bicyclic) bond motifs is 1. The van der Waals surface area contributed by atoms with Gasteiger partial charge in [-0.3, -0.25) is 9.59 Å². The Balaban J connectivity index is 1.35. The van der Waals surface area contributed by atoms with E-state index in [4.69, 9.17) is 0 Å². The number of benzene rings is 4. The summed E-state index contributed by atoms with van der Waals surface area (Å²) in [4.78, 5) is 28.4. The molecule has 0 saturated carbocycles. The standard InChI is InChI=1S/C33H32N2O3/c1-24(33(38,27-15-7-3-8-16-27)28-17-9-4-10-18-28)34-32(37)30-19-11-14-26-23-35(21-20-29(26)30)31(36)22-25-12-5-2-6-13-25/h2-19,24,38H,20-23H2,1H3,(H,34,37)/t24-/m0/s1. The van der Waals surface area contributed by atoms with Crippen LogP contribution in [-0.4, -0.2) is 34.4 Å². The maximum atomic E-state index is 13.6. The molecule has 5 nitrogen and oxygen atoms in total. The van der Waals surface area contributed by atoms with E-state index in [1.54, 1.807) is 0 Å². The highest BCUT2D eigenvalue weighted by Crippen LogP contribution is 2.33. The number of carbonyl (C=O) groups is 2. The summed E-state index contributed by atoms with van der Waals surface area (Å²) in [6.45, 7) is 2.88. The second kappa shape index (κ2) is 11.0. The molecule has 38 heavy (non-hydrogen) atoms. The van der Waals surface area contributed by atoms with Gasteiger partial charge in [0, 0.05) is 18.7 Å². The Morgan fingerprint density at radius 2 is 1.42 bits per heavy atom. The highest BCUT2D eigenvalue weighted by atomic mass is 16.3. The van der Waals surface area contributed by atoms with Crippen LogP contribution in [0.3, 0.4) is 0 Å². The van der Waals surface area contributed by atoms with Gasteiger partial charge in [-0.15, -0.1) is 0 Å². The Morgan fingerprint density at radius 1 is 0.842 bits per heavy atom. The van der Waals surface area contributed by atoms with Crippen LogP contribution in [0.1, 0.15) is 45.1 Å². The van der Waals surface area contributed by atoms with E-state index in [1.165, 1.54) is 0 Å². The van der Waals surface area contributed by atoms with Crippen LogP contribution in [0.2, 0.25) is 0 Å². The van der Waals surface area contributed by atoms with E-state index in [2.05, 4.69) is 5.32 Å². The summed E-state index contributed by atoms with van der Waals surface area (Å²) in [5, 5.41) is 15.1. The lowest BCUT2D eigenvalue weighted by Gasteiger charge is -2.36. The van der Waals surface area contributed by atoms with Crippen molar-refractivity contribution in [1.82, 2.24) is 10.2 Å². The average molecular weight is 505 g/mol. The van der Waals surface area contributed by atoms with Crippen molar-refractivity contribution in [2.45, 2.75) is 38.0 Å². The topological polar surface area (TPSA) is 69.6 Å². The molecule has 1 heterocycles. The third-order valence-electron chi connectivity index (χ3n) is 7.46. The van der Waals surface area contributed by atoms with E-state index >= 15 is 0 Å². The fraction of sp³-hybridized carbons (Fsp3) is 0.212. The molecule has 1 aliphatic heterocycles. The van der Waals surface area contributed by atoms with Crippen molar-refractivity contribution in [1.29, 1.82) is 0 Å². The molecule has 0 spiro atoms. The molecule has 5 rings (SSSR count). The lowest BCUT2D eigenvalue weighted by Crippen LogP contribution is -2.50. The summed E-state index contributed by atoms with van der Waals surface area (Å²) in [5.74, 6) is -0.148. The predicted octanol–water partition coefficient (Wildman–Crippen LogP) is 4.87. The minimum Gasteiger partial charge on any atom is -0.378 e. The molecule has 1 aliphatic rings. The number of nitrogens with one attached hydrogen (secondary N) is 1. The largest absolute Gasteiger partial charge is 0.378 e. The van der Waals surface area contributed by atoms with Crippen LogP contribution in [0.5, 0.6) is 0 Å². The predicted molar refractivity (Wildman–Crippen MR) is 149 cm³/mol. The highest BCUT2D eigenvalue weighted by Gasteiger charge is 2.39. The number of rotatable bonds is 7. The zero-order valence-electron chi connectivity index (χ0n) is 21.5. The molecule has 0 unspecified atom stereocenters. The zero-order valence-corrected chi connectivity index (χ0v) is 21.5. The quantitative estimate of drug-likeness (QED) is 0.377. The van der Waals surface area contributed by atoms with E-state index in [9.17, 15) is 14.7 Å². The van der Waals surface area contributed by atoms with Crippen LogP contribution < -0.4 is 5.32 Å². The minimum absolute atomic E-state index is 0.0844. The van der Waals surface area contributed by atoms with Crippen LogP contribution in [0.4, 0.5) is 0 Å². The van der Waals surface area contributed by atoms with Gasteiger partial charge in [0.05, 0.1) is 12.5 Å². The summed E-state index contributed by atoms with van der Waals surface area (Å²) in [6, 6.07) is 33.7. The van der Waals surface area contributed by atoms with Crippen molar-refractivity contribution >= 4 is 11.8 Å². The Kier molecular flexibility index (Phi) is 7.38. The number of carbonyl (C=O) groups excluding carboxylic acids is 2. The third-order valence-corrected chi connectivity index (χ3v) is 7.46. The summed E-state index contributed by atoms with van der Waals surface area (Å²) >= 11 is 0. The SMILES string of the molecule is C[C@H](NC(=O)c1cccc2c1CCN(C(=O)Cc1ccccc1)C2)C(O)(c1ccccc1)c1ccccc1. The van der Waals surface area contributed by atoms with Crippen molar-refractivity contribution in [3.63, 3.8) is 0 Å². The molecule has 2 amide bonds. The molecule has 1 atom stereocenters. The van der Waals surface area contributed by atoms with Crippen molar-refractivity contribution in [2.24, 2.45) is 0 Å². The van der Waals surface area contributed by atoms with E-state index < -0.39 is 11.6 Å². The molecule has 0 aliphatic carbocycles. The summed E-state index contributed by atoms with van der Waals surface area (Å²) < 4.78 is 0. The van der Waals surface area contributed by atoms with Gasteiger partial charge in [0.2, 0.25) is 5.91 Å². The first kappa shape index (κ1) is 25.4.